The summed E-state index contributed by atoms with van der Waals surface area (Å²) in [6.07, 6.45) is 2.64. The van der Waals surface area contributed by atoms with Crippen molar-refractivity contribution in [3.8, 4) is 0 Å². The summed E-state index contributed by atoms with van der Waals surface area (Å²) in [5.74, 6) is 0.303. The first-order valence-electron chi connectivity index (χ1n) is 3.01. The minimum atomic E-state index is 0.137. The quantitative estimate of drug-likeness (QED) is 0.566. The number of ketones is 1. The summed E-state index contributed by atoms with van der Waals surface area (Å²) in [6, 6.07) is 0. The zero-order valence-electron chi connectivity index (χ0n) is 5.81. The third-order valence-electron chi connectivity index (χ3n) is 1.07. The van der Waals surface area contributed by atoms with E-state index in [0.29, 0.717) is 12.8 Å². The van der Waals surface area contributed by atoms with Crippen LogP contribution in [-0.2, 0) is 9.59 Å². The highest BCUT2D eigenvalue weighted by molar-refractivity contribution is 5.76. The first-order valence-corrected chi connectivity index (χ1v) is 3.01. The molecule has 0 bridgehead atoms. The van der Waals surface area contributed by atoms with E-state index in [1.54, 1.807) is 6.29 Å². The van der Waals surface area contributed by atoms with E-state index in [4.69, 9.17) is 0 Å². The van der Waals surface area contributed by atoms with Gasteiger partial charge in [-0.2, -0.15) is 0 Å². The number of rotatable bonds is 4. The van der Waals surface area contributed by atoms with Crippen molar-refractivity contribution in [3.05, 3.63) is 0 Å². The van der Waals surface area contributed by atoms with Gasteiger partial charge in [0.05, 0.1) is 0 Å². The second-order valence-corrected chi connectivity index (χ2v) is 2.36. The molecule has 0 heterocycles. The maximum atomic E-state index is 10.4. The van der Waals surface area contributed by atoms with Crippen LogP contribution in [0.1, 0.15) is 26.7 Å². The van der Waals surface area contributed by atoms with Crippen molar-refractivity contribution >= 4 is 12.1 Å². The highest BCUT2D eigenvalue weighted by atomic mass is 16.1. The predicted molar refractivity (Wildman–Crippen MR) is 34.8 cm³/mol. The van der Waals surface area contributed by atoms with E-state index in [0.717, 1.165) is 0 Å². The van der Waals surface area contributed by atoms with Gasteiger partial charge >= 0.3 is 0 Å². The van der Waals surface area contributed by atoms with E-state index in [1.165, 1.54) is 6.92 Å². The highest BCUT2D eigenvalue weighted by Gasteiger charge is 2.03. The molecule has 0 aliphatic heterocycles. The molecule has 0 spiro atoms. The molecule has 1 unspecified atom stereocenters. The first-order chi connectivity index (χ1) is 4.16. The van der Waals surface area contributed by atoms with Gasteiger partial charge in [0.15, 0.2) is 6.29 Å². The van der Waals surface area contributed by atoms with Crippen LogP contribution >= 0.6 is 0 Å². The molecule has 2 nitrogen and oxygen atoms in total. The standard InChI is InChI=1S/C7H11O2/c1-6(3-4-8)5-7(2)9/h6H,3,5H2,1-2H3. The van der Waals surface area contributed by atoms with Crippen LogP contribution in [0.2, 0.25) is 0 Å². The lowest BCUT2D eigenvalue weighted by molar-refractivity contribution is -0.117. The van der Waals surface area contributed by atoms with Crippen molar-refractivity contribution in [2.45, 2.75) is 26.7 Å². The maximum absolute atomic E-state index is 10.4. The van der Waals surface area contributed by atoms with E-state index < -0.39 is 0 Å². The smallest absolute Gasteiger partial charge is 0.198 e. The van der Waals surface area contributed by atoms with Gasteiger partial charge in [-0.15, -0.1) is 0 Å². The Labute approximate surface area is 55.3 Å². The average molecular weight is 127 g/mol. The summed E-state index contributed by atoms with van der Waals surface area (Å²) in [5, 5.41) is 0. The number of hydrogen-bond donors (Lipinski definition) is 0. The normalized spacial score (nSPS) is 12.7. The molecule has 0 aromatic carbocycles. The van der Waals surface area contributed by atoms with Crippen LogP contribution in [0.15, 0.2) is 0 Å². The van der Waals surface area contributed by atoms with Gasteiger partial charge in [0.25, 0.3) is 0 Å². The summed E-state index contributed by atoms with van der Waals surface area (Å²) >= 11 is 0. The Morgan fingerprint density at radius 2 is 2.22 bits per heavy atom. The average Bonchev–Trinajstić information content (AvgIpc) is 1.63. The maximum Gasteiger partial charge on any atom is 0.198 e. The molecule has 0 rings (SSSR count). The van der Waals surface area contributed by atoms with Gasteiger partial charge in [0.1, 0.15) is 5.78 Å². The number of carbonyl (C=O) groups is 1. The topological polar surface area (TPSA) is 34.1 Å². The monoisotopic (exact) mass is 127 g/mol. The lowest BCUT2D eigenvalue weighted by Crippen LogP contribution is -2.01. The molecule has 0 aliphatic carbocycles. The van der Waals surface area contributed by atoms with Crippen LogP contribution in [-0.4, -0.2) is 12.1 Å². The number of Topliss-reactive ketones (excluding diaryl/α,β-unsaturated/α-hetero) is 1. The fourth-order valence-corrected chi connectivity index (χ4v) is 0.705. The van der Waals surface area contributed by atoms with Crippen molar-refractivity contribution in [2.24, 2.45) is 5.92 Å². The number of carbonyl (C=O) groups excluding carboxylic acids is 2. The molecule has 9 heavy (non-hydrogen) atoms. The Morgan fingerprint density at radius 1 is 1.67 bits per heavy atom. The molecule has 0 aliphatic rings. The fraction of sp³-hybridized carbons (Fsp3) is 0.714. The van der Waals surface area contributed by atoms with E-state index in [2.05, 4.69) is 0 Å². The molecule has 0 saturated heterocycles. The van der Waals surface area contributed by atoms with Gasteiger partial charge < -0.3 is 4.79 Å². The summed E-state index contributed by atoms with van der Waals surface area (Å²) in [7, 11) is 0. The molecular weight excluding hydrogens is 116 g/mol. The van der Waals surface area contributed by atoms with Crippen LogP contribution < -0.4 is 0 Å². The summed E-state index contributed by atoms with van der Waals surface area (Å²) < 4.78 is 0. The third-order valence-corrected chi connectivity index (χ3v) is 1.07. The van der Waals surface area contributed by atoms with Crippen LogP contribution in [0.5, 0.6) is 0 Å². The van der Waals surface area contributed by atoms with E-state index in [9.17, 15) is 9.59 Å². The zero-order chi connectivity index (χ0) is 7.28. The predicted octanol–water partition coefficient (Wildman–Crippen LogP) is 1.10. The van der Waals surface area contributed by atoms with Crippen LogP contribution in [0, 0.1) is 5.92 Å². The van der Waals surface area contributed by atoms with Crippen molar-refractivity contribution < 1.29 is 9.59 Å². The second kappa shape index (κ2) is 4.24. The lowest BCUT2D eigenvalue weighted by Gasteiger charge is -2.00. The molecule has 0 aromatic heterocycles. The lowest BCUT2D eigenvalue weighted by atomic mass is 10.0. The minimum absolute atomic E-state index is 0.137. The Morgan fingerprint density at radius 3 is 2.56 bits per heavy atom. The van der Waals surface area contributed by atoms with E-state index in [-0.39, 0.29) is 11.7 Å². The fourth-order valence-electron chi connectivity index (χ4n) is 0.705. The minimum Gasteiger partial charge on any atom is -0.300 e. The van der Waals surface area contributed by atoms with Crippen molar-refractivity contribution in [3.63, 3.8) is 0 Å². The van der Waals surface area contributed by atoms with Crippen molar-refractivity contribution in [1.29, 1.82) is 0 Å². The van der Waals surface area contributed by atoms with Gasteiger partial charge in [0.2, 0.25) is 0 Å². The molecule has 0 amide bonds. The Balaban J connectivity index is 3.37. The molecule has 0 N–H and O–H groups in total. The molecule has 1 radical (unpaired) electrons. The molecule has 1 atom stereocenters. The summed E-state index contributed by atoms with van der Waals surface area (Å²) in [6.45, 7) is 3.40. The Kier molecular flexibility index (Phi) is 3.93. The van der Waals surface area contributed by atoms with E-state index >= 15 is 0 Å². The van der Waals surface area contributed by atoms with Crippen molar-refractivity contribution in [1.82, 2.24) is 0 Å². The van der Waals surface area contributed by atoms with Gasteiger partial charge in [-0.05, 0) is 12.8 Å². The van der Waals surface area contributed by atoms with Gasteiger partial charge in [-0.1, -0.05) is 6.92 Å². The molecule has 0 fully saturated rings. The largest absolute Gasteiger partial charge is 0.300 e. The van der Waals surface area contributed by atoms with E-state index in [1.807, 2.05) is 6.92 Å². The SMILES string of the molecule is CC(=O)CC(C)C[C]=O. The molecule has 2 heteroatoms. The van der Waals surface area contributed by atoms with Gasteiger partial charge in [-0.25, -0.2) is 0 Å². The highest BCUT2D eigenvalue weighted by Crippen LogP contribution is 2.04. The van der Waals surface area contributed by atoms with Gasteiger partial charge in [0, 0.05) is 12.8 Å². The summed E-state index contributed by atoms with van der Waals surface area (Å²) in [4.78, 5) is 20.2. The zero-order valence-corrected chi connectivity index (χ0v) is 5.81. The van der Waals surface area contributed by atoms with Crippen LogP contribution in [0.25, 0.3) is 0 Å². The second-order valence-electron chi connectivity index (χ2n) is 2.36. The third kappa shape index (κ3) is 5.21. The Hall–Kier alpha value is -0.660. The van der Waals surface area contributed by atoms with Crippen LogP contribution in [0.3, 0.4) is 0 Å². The molecule has 0 aromatic rings. The first kappa shape index (κ1) is 8.34. The Bertz CT molecular complexity index is 107. The molecule has 51 valence electrons. The summed E-state index contributed by atoms with van der Waals surface area (Å²) in [5.41, 5.74) is 0. The molecular formula is C7H11O2. The van der Waals surface area contributed by atoms with Crippen LogP contribution in [0.4, 0.5) is 0 Å². The van der Waals surface area contributed by atoms with Crippen molar-refractivity contribution in [2.75, 3.05) is 0 Å². The van der Waals surface area contributed by atoms with Gasteiger partial charge in [-0.3, -0.25) is 4.79 Å². The molecule has 0 saturated carbocycles. The number of hydrogen-bond acceptors (Lipinski definition) is 2.